The van der Waals surface area contributed by atoms with E-state index >= 15 is 0 Å². The lowest BCUT2D eigenvalue weighted by Gasteiger charge is -2.14. The summed E-state index contributed by atoms with van der Waals surface area (Å²) in [5.41, 5.74) is 8.41. The maximum absolute atomic E-state index is 11.7. The van der Waals surface area contributed by atoms with Crippen molar-refractivity contribution < 1.29 is 4.79 Å². The van der Waals surface area contributed by atoms with Gasteiger partial charge in [0.15, 0.2) is 0 Å². The average Bonchev–Trinajstić information content (AvgIpc) is 2.52. The first kappa shape index (κ1) is 9.83. The molecule has 1 amide bonds. The Morgan fingerprint density at radius 3 is 2.93 bits per heavy atom. The van der Waals surface area contributed by atoms with Crippen molar-refractivity contribution in [3.8, 4) is 0 Å². The number of anilines is 2. The molecule has 1 aliphatic heterocycles. The van der Waals surface area contributed by atoms with Gasteiger partial charge in [0.2, 0.25) is 5.91 Å². The smallest absolute Gasteiger partial charge is 0.229 e. The van der Waals surface area contributed by atoms with Crippen LogP contribution in [0.4, 0.5) is 11.4 Å². The molecule has 15 heavy (non-hydrogen) atoms. The number of carbonyl (C=O) groups is 1. The SMILES string of the molecule is CNC(=O)C1c2cc(N)ccc2NC1C. The lowest BCUT2D eigenvalue weighted by molar-refractivity contribution is -0.122. The van der Waals surface area contributed by atoms with Crippen molar-refractivity contribution in [3.63, 3.8) is 0 Å². The molecular weight excluding hydrogens is 190 g/mol. The van der Waals surface area contributed by atoms with Crippen LogP contribution in [-0.4, -0.2) is 19.0 Å². The second-order valence-corrected chi connectivity index (χ2v) is 3.87. The summed E-state index contributed by atoms with van der Waals surface area (Å²) >= 11 is 0. The summed E-state index contributed by atoms with van der Waals surface area (Å²) in [5, 5.41) is 5.95. The summed E-state index contributed by atoms with van der Waals surface area (Å²) < 4.78 is 0. The second-order valence-electron chi connectivity index (χ2n) is 3.87. The van der Waals surface area contributed by atoms with Crippen LogP contribution < -0.4 is 16.4 Å². The van der Waals surface area contributed by atoms with Crippen LogP contribution >= 0.6 is 0 Å². The minimum atomic E-state index is -0.145. The number of nitrogen functional groups attached to an aromatic ring is 1. The topological polar surface area (TPSA) is 67.2 Å². The van der Waals surface area contributed by atoms with E-state index in [0.717, 1.165) is 11.3 Å². The number of benzene rings is 1. The number of hydrogen-bond acceptors (Lipinski definition) is 3. The van der Waals surface area contributed by atoms with Gasteiger partial charge in [0.25, 0.3) is 0 Å². The largest absolute Gasteiger partial charge is 0.399 e. The van der Waals surface area contributed by atoms with Crippen molar-refractivity contribution in [1.29, 1.82) is 0 Å². The molecule has 1 aromatic rings. The normalized spacial score (nSPS) is 23.1. The van der Waals surface area contributed by atoms with Crippen LogP contribution in [0.15, 0.2) is 18.2 Å². The van der Waals surface area contributed by atoms with Crippen LogP contribution in [0.2, 0.25) is 0 Å². The average molecular weight is 205 g/mol. The number of fused-ring (bicyclic) bond motifs is 1. The van der Waals surface area contributed by atoms with Crippen LogP contribution in [0.3, 0.4) is 0 Å². The highest BCUT2D eigenvalue weighted by atomic mass is 16.1. The zero-order valence-corrected chi connectivity index (χ0v) is 8.87. The van der Waals surface area contributed by atoms with Crippen LogP contribution in [-0.2, 0) is 4.79 Å². The van der Waals surface area contributed by atoms with Crippen molar-refractivity contribution in [2.24, 2.45) is 0 Å². The zero-order chi connectivity index (χ0) is 11.0. The molecule has 1 heterocycles. The number of nitrogens with one attached hydrogen (secondary N) is 2. The van der Waals surface area contributed by atoms with Gasteiger partial charge < -0.3 is 16.4 Å². The Hall–Kier alpha value is -1.71. The molecule has 4 N–H and O–H groups in total. The molecule has 0 bridgehead atoms. The summed E-state index contributed by atoms with van der Waals surface area (Å²) in [4.78, 5) is 11.7. The monoisotopic (exact) mass is 205 g/mol. The lowest BCUT2D eigenvalue weighted by Crippen LogP contribution is -2.31. The summed E-state index contributed by atoms with van der Waals surface area (Å²) in [6, 6.07) is 5.74. The van der Waals surface area contributed by atoms with Gasteiger partial charge in [-0.1, -0.05) is 0 Å². The predicted octanol–water partition coefficient (Wildman–Crippen LogP) is 0.912. The van der Waals surface area contributed by atoms with Gasteiger partial charge in [0.05, 0.1) is 5.92 Å². The molecule has 80 valence electrons. The summed E-state index contributed by atoms with van der Waals surface area (Å²) in [7, 11) is 1.65. The summed E-state index contributed by atoms with van der Waals surface area (Å²) in [5.74, 6) is -0.118. The Bertz CT molecular complexity index is 403. The van der Waals surface area contributed by atoms with E-state index in [-0.39, 0.29) is 17.9 Å². The summed E-state index contributed by atoms with van der Waals surface area (Å²) in [6.07, 6.45) is 0. The Balaban J connectivity index is 2.43. The fraction of sp³-hybridized carbons (Fsp3) is 0.364. The molecule has 0 radical (unpaired) electrons. The Kier molecular flexibility index (Phi) is 2.26. The first-order chi connectivity index (χ1) is 7.13. The molecule has 4 nitrogen and oxygen atoms in total. The van der Waals surface area contributed by atoms with E-state index in [1.807, 2.05) is 25.1 Å². The van der Waals surface area contributed by atoms with Crippen molar-refractivity contribution in [3.05, 3.63) is 23.8 Å². The Morgan fingerprint density at radius 1 is 1.53 bits per heavy atom. The highest BCUT2D eigenvalue weighted by Gasteiger charge is 2.33. The number of likely N-dealkylation sites (N-methyl/N-ethyl adjacent to an activating group) is 1. The number of amides is 1. The number of nitrogens with two attached hydrogens (primary N) is 1. The van der Waals surface area contributed by atoms with Gasteiger partial charge in [-0.2, -0.15) is 0 Å². The highest BCUT2D eigenvalue weighted by molar-refractivity contribution is 5.89. The third kappa shape index (κ3) is 1.52. The molecule has 0 saturated carbocycles. The molecule has 0 aromatic heterocycles. The van der Waals surface area contributed by atoms with Gasteiger partial charge in [0.1, 0.15) is 0 Å². The van der Waals surface area contributed by atoms with E-state index < -0.39 is 0 Å². The molecule has 1 aliphatic rings. The van der Waals surface area contributed by atoms with Crippen LogP contribution in [0, 0.1) is 0 Å². The molecule has 2 atom stereocenters. The molecule has 0 aliphatic carbocycles. The zero-order valence-electron chi connectivity index (χ0n) is 8.87. The number of hydrogen-bond donors (Lipinski definition) is 3. The lowest BCUT2D eigenvalue weighted by atomic mass is 9.95. The van der Waals surface area contributed by atoms with Gasteiger partial charge in [-0.25, -0.2) is 0 Å². The predicted molar refractivity (Wildman–Crippen MR) is 60.7 cm³/mol. The van der Waals surface area contributed by atoms with E-state index in [2.05, 4.69) is 10.6 Å². The minimum absolute atomic E-state index is 0.0272. The standard InChI is InChI=1S/C11H15N3O/c1-6-10(11(15)13-2)8-5-7(12)3-4-9(8)14-6/h3-6,10,14H,12H2,1-2H3,(H,13,15). The molecule has 0 spiro atoms. The first-order valence-corrected chi connectivity index (χ1v) is 5.01. The molecular formula is C11H15N3O. The quantitative estimate of drug-likeness (QED) is 0.597. The van der Waals surface area contributed by atoms with Gasteiger partial charge in [-0.3, -0.25) is 4.79 Å². The van der Waals surface area contributed by atoms with Crippen LogP contribution in [0.1, 0.15) is 18.4 Å². The Morgan fingerprint density at radius 2 is 2.27 bits per heavy atom. The van der Waals surface area contributed by atoms with E-state index in [4.69, 9.17) is 5.73 Å². The van der Waals surface area contributed by atoms with Gasteiger partial charge in [-0.05, 0) is 30.7 Å². The van der Waals surface area contributed by atoms with E-state index in [1.54, 1.807) is 7.05 Å². The number of rotatable bonds is 1. The van der Waals surface area contributed by atoms with Crippen LogP contribution in [0.5, 0.6) is 0 Å². The van der Waals surface area contributed by atoms with Crippen LogP contribution in [0.25, 0.3) is 0 Å². The molecule has 2 unspecified atom stereocenters. The molecule has 4 heteroatoms. The van der Waals surface area contributed by atoms with Crippen molar-refractivity contribution in [1.82, 2.24) is 5.32 Å². The number of carbonyl (C=O) groups excluding carboxylic acids is 1. The fourth-order valence-corrected chi connectivity index (χ4v) is 2.09. The highest BCUT2D eigenvalue weighted by Crippen LogP contribution is 2.36. The third-order valence-corrected chi connectivity index (χ3v) is 2.82. The Labute approximate surface area is 88.9 Å². The maximum atomic E-state index is 11.7. The van der Waals surface area contributed by atoms with E-state index in [0.29, 0.717) is 5.69 Å². The van der Waals surface area contributed by atoms with Crippen molar-refractivity contribution in [2.45, 2.75) is 18.9 Å². The van der Waals surface area contributed by atoms with Crippen molar-refractivity contribution in [2.75, 3.05) is 18.1 Å². The van der Waals surface area contributed by atoms with E-state index in [9.17, 15) is 4.79 Å². The van der Waals surface area contributed by atoms with Gasteiger partial charge in [0, 0.05) is 24.5 Å². The van der Waals surface area contributed by atoms with Gasteiger partial charge in [-0.15, -0.1) is 0 Å². The maximum Gasteiger partial charge on any atom is 0.229 e. The minimum Gasteiger partial charge on any atom is -0.399 e. The molecule has 0 saturated heterocycles. The third-order valence-electron chi connectivity index (χ3n) is 2.82. The van der Waals surface area contributed by atoms with E-state index in [1.165, 1.54) is 0 Å². The van der Waals surface area contributed by atoms with Crippen molar-refractivity contribution >= 4 is 17.3 Å². The molecule has 1 aromatic carbocycles. The first-order valence-electron chi connectivity index (χ1n) is 5.01. The summed E-state index contributed by atoms with van der Waals surface area (Å²) in [6.45, 7) is 2.00. The molecule has 2 rings (SSSR count). The fourth-order valence-electron chi connectivity index (χ4n) is 2.09. The van der Waals surface area contributed by atoms with Gasteiger partial charge >= 0.3 is 0 Å². The second kappa shape index (κ2) is 3.46. The molecule has 0 fully saturated rings.